The van der Waals surface area contributed by atoms with E-state index in [0.29, 0.717) is 30.1 Å². The van der Waals surface area contributed by atoms with E-state index in [9.17, 15) is 8.42 Å². The Bertz CT molecular complexity index is 625. The molecule has 0 radical (unpaired) electrons. The molecule has 21 heavy (non-hydrogen) atoms. The molecule has 1 aromatic rings. The molecule has 0 aromatic heterocycles. The number of sulfonamides is 1. The Labute approximate surface area is 131 Å². The first-order valence-corrected chi connectivity index (χ1v) is 9.27. The highest BCUT2D eigenvalue weighted by Gasteiger charge is 2.29. The second-order valence-electron chi connectivity index (χ2n) is 6.14. The van der Waals surface area contributed by atoms with Gasteiger partial charge in [0.05, 0.1) is 4.90 Å². The van der Waals surface area contributed by atoms with Crippen LogP contribution in [0.3, 0.4) is 0 Å². The lowest BCUT2D eigenvalue weighted by Crippen LogP contribution is -2.29. The molecule has 0 saturated heterocycles. The van der Waals surface area contributed by atoms with Gasteiger partial charge in [0.25, 0.3) is 0 Å². The van der Waals surface area contributed by atoms with E-state index in [1.807, 2.05) is 6.07 Å². The maximum absolute atomic E-state index is 12.5. The molecular formula is C15H21ClN2O2S. The zero-order valence-corrected chi connectivity index (χ0v) is 13.8. The monoisotopic (exact) mass is 328 g/mol. The minimum atomic E-state index is -3.42. The van der Waals surface area contributed by atoms with Crippen LogP contribution in [-0.4, -0.2) is 32.4 Å². The predicted molar refractivity (Wildman–Crippen MR) is 83.9 cm³/mol. The molecule has 0 unspecified atom stereocenters. The molecular weight excluding hydrogens is 308 g/mol. The lowest BCUT2D eigenvalue weighted by molar-refractivity contribution is 0.453. The van der Waals surface area contributed by atoms with Crippen LogP contribution in [0.2, 0.25) is 5.02 Å². The van der Waals surface area contributed by atoms with Crippen molar-refractivity contribution in [3.8, 4) is 0 Å². The van der Waals surface area contributed by atoms with Crippen LogP contribution in [0.5, 0.6) is 0 Å². The second kappa shape index (κ2) is 5.88. The second-order valence-corrected chi connectivity index (χ2v) is 8.59. The van der Waals surface area contributed by atoms with Gasteiger partial charge in [-0.3, -0.25) is 0 Å². The van der Waals surface area contributed by atoms with Crippen LogP contribution in [0.4, 0.5) is 0 Å². The molecule has 1 aromatic carbocycles. The summed E-state index contributed by atoms with van der Waals surface area (Å²) in [6, 6.07) is 5.66. The highest BCUT2D eigenvalue weighted by atomic mass is 35.5. The minimum Gasteiger partial charge on any atom is -0.310 e. The van der Waals surface area contributed by atoms with Gasteiger partial charge in [0.2, 0.25) is 10.0 Å². The van der Waals surface area contributed by atoms with E-state index in [0.717, 1.165) is 18.4 Å². The molecule has 2 aliphatic carbocycles. The maximum Gasteiger partial charge on any atom is 0.242 e. The third-order valence-corrected chi connectivity index (χ3v) is 6.27. The summed E-state index contributed by atoms with van der Waals surface area (Å²) >= 11 is 6.24. The van der Waals surface area contributed by atoms with Gasteiger partial charge < -0.3 is 5.32 Å². The van der Waals surface area contributed by atoms with E-state index < -0.39 is 10.0 Å². The van der Waals surface area contributed by atoms with E-state index >= 15 is 0 Å². The average molecular weight is 329 g/mol. The zero-order chi connectivity index (χ0) is 15.0. The third kappa shape index (κ3) is 3.77. The third-order valence-electron chi connectivity index (χ3n) is 4.10. The van der Waals surface area contributed by atoms with Gasteiger partial charge in [-0.1, -0.05) is 17.7 Å². The summed E-state index contributed by atoms with van der Waals surface area (Å²) in [7, 11) is -1.78. The van der Waals surface area contributed by atoms with E-state index in [4.69, 9.17) is 11.6 Å². The molecule has 116 valence electrons. The molecule has 0 heterocycles. The van der Waals surface area contributed by atoms with Gasteiger partial charge in [-0.15, -0.1) is 0 Å². The molecule has 0 atom stereocenters. The van der Waals surface area contributed by atoms with Crippen LogP contribution in [0.25, 0.3) is 0 Å². The molecule has 1 N–H and O–H groups in total. The van der Waals surface area contributed by atoms with Crippen LogP contribution < -0.4 is 5.32 Å². The number of hydrogen-bond donors (Lipinski definition) is 1. The van der Waals surface area contributed by atoms with Crippen molar-refractivity contribution in [1.29, 1.82) is 0 Å². The van der Waals surface area contributed by atoms with E-state index in [1.165, 1.54) is 17.1 Å². The SMILES string of the molecule is CN(CC1CC1)S(=O)(=O)c1ccc(CNC2CC2)c(Cl)c1. The van der Waals surface area contributed by atoms with Crippen molar-refractivity contribution in [2.45, 2.75) is 43.2 Å². The molecule has 0 spiro atoms. The van der Waals surface area contributed by atoms with E-state index in [-0.39, 0.29) is 4.90 Å². The van der Waals surface area contributed by atoms with Crippen molar-refractivity contribution in [3.63, 3.8) is 0 Å². The summed E-state index contributed by atoms with van der Waals surface area (Å²) in [5, 5.41) is 3.90. The minimum absolute atomic E-state index is 0.283. The fraction of sp³-hybridized carbons (Fsp3) is 0.600. The quantitative estimate of drug-likeness (QED) is 0.837. The Hall–Kier alpha value is -0.620. The van der Waals surface area contributed by atoms with Gasteiger partial charge in [0.1, 0.15) is 0 Å². The van der Waals surface area contributed by atoms with Crippen molar-refractivity contribution in [1.82, 2.24) is 9.62 Å². The molecule has 4 nitrogen and oxygen atoms in total. The van der Waals surface area contributed by atoms with Gasteiger partial charge in [-0.25, -0.2) is 12.7 Å². The average Bonchev–Trinajstić information content (AvgIpc) is 3.32. The predicted octanol–water partition coefficient (Wildman–Crippen LogP) is 2.62. The van der Waals surface area contributed by atoms with Crippen molar-refractivity contribution < 1.29 is 8.42 Å². The van der Waals surface area contributed by atoms with Crippen LogP contribution in [0.15, 0.2) is 23.1 Å². The first-order chi connectivity index (χ1) is 9.96. The zero-order valence-electron chi connectivity index (χ0n) is 12.2. The summed E-state index contributed by atoms with van der Waals surface area (Å²) in [4.78, 5) is 0.283. The molecule has 0 bridgehead atoms. The van der Waals surface area contributed by atoms with Crippen LogP contribution in [0.1, 0.15) is 31.2 Å². The molecule has 2 fully saturated rings. The fourth-order valence-electron chi connectivity index (χ4n) is 2.32. The first-order valence-electron chi connectivity index (χ1n) is 7.45. The van der Waals surface area contributed by atoms with Crippen molar-refractivity contribution in [2.75, 3.05) is 13.6 Å². The first kappa shape index (κ1) is 15.3. The highest BCUT2D eigenvalue weighted by Crippen LogP contribution is 2.31. The van der Waals surface area contributed by atoms with Gasteiger partial charge in [-0.2, -0.15) is 0 Å². The lowest BCUT2D eigenvalue weighted by Gasteiger charge is -2.17. The van der Waals surface area contributed by atoms with Crippen molar-refractivity contribution in [2.24, 2.45) is 5.92 Å². The Balaban J connectivity index is 1.72. The number of nitrogens with one attached hydrogen (secondary N) is 1. The summed E-state index contributed by atoms with van der Waals surface area (Å²) in [5.41, 5.74) is 0.951. The Kier molecular flexibility index (Phi) is 4.28. The summed E-state index contributed by atoms with van der Waals surface area (Å²) in [6.07, 6.45) is 4.70. The Morgan fingerprint density at radius 1 is 1.29 bits per heavy atom. The van der Waals surface area contributed by atoms with Gasteiger partial charge in [-0.05, 0) is 49.3 Å². The Morgan fingerprint density at radius 2 is 2.00 bits per heavy atom. The highest BCUT2D eigenvalue weighted by molar-refractivity contribution is 7.89. The topological polar surface area (TPSA) is 49.4 Å². The lowest BCUT2D eigenvalue weighted by atomic mass is 10.2. The van der Waals surface area contributed by atoms with E-state index in [1.54, 1.807) is 19.2 Å². The molecule has 2 aliphatic rings. The number of rotatable bonds is 7. The standard InChI is InChI=1S/C15H21ClN2O2S/c1-18(10-11-2-3-11)21(19,20)14-7-4-12(15(16)8-14)9-17-13-5-6-13/h4,7-8,11,13,17H,2-3,5-6,9-10H2,1H3. The molecule has 6 heteroatoms. The van der Waals surface area contributed by atoms with Crippen LogP contribution in [-0.2, 0) is 16.6 Å². The number of nitrogens with zero attached hydrogens (tertiary/aromatic N) is 1. The summed E-state index contributed by atoms with van der Waals surface area (Å²) in [5.74, 6) is 0.530. The molecule has 0 amide bonds. The number of hydrogen-bond acceptors (Lipinski definition) is 3. The number of benzene rings is 1. The van der Waals surface area contributed by atoms with Crippen molar-refractivity contribution in [3.05, 3.63) is 28.8 Å². The summed E-state index contributed by atoms with van der Waals surface area (Å²) in [6.45, 7) is 1.30. The van der Waals surface area contributed by atoms with Crippen molar-refractivity contribution >= 4 is 21.6 Å². The molecule has 2 saturated carbocycles. The summed E-state index contributed by atoms with van der Waals surface area (Å²) < 4.78 is 26.4. The van der Waals surface area contributed by atoms with Crippen LogP contribution >= 0.6 is 11.6 Å². The normalized spacial score (nSPS) is 19.2. The van der Waals surface area contributed by atoms with Gasteiger partial charge in [0, 0.05) is 31.2 Å². The van der Waals surface area contributed by atoms with Crippen LogP contribution in [0, 0.1) is 5.92 Å². The fourth-order valence-corrected chi connectivity index (χ4v) is 3.90. The Morgan fingerprint density at radius 3 is 2.57 bits per heavy atom. The molecule has 0 aliphatic heterocycles. The van der Waals surface area contributed by atoms with Gasteiger partial charge >= 0.3 is 0 Å². The maximum atomic E-state index is 12.5. The largest absolute Gasteiger partial charge is 0.310 e. The van der Waals surface area contributed by atoms with E-state index in [2.05, 4.69) is 5.32 Å². The smallest absolute Gasteiger partial charge is 0.242 e. The molecule has 3 rings (SSSR count). The number of halogens is 1. The van der Waals surface area contributed by atoms with Gasteiger partial charge in [0.15, 0.2) is 0 Å².